The molecule has 0 spiro atoms. The largest absolute Gasteiger partial charge is 0.482 e. The monoisotopic (exact) mass is 399 g/mol. The molecule has 6 heteroatoms. The van der Waals surface area contributed by atoms with Crippen molar-refractivity contribution in [2.45, 2.75) is 46.6 Å². The van der Waals surface area contributed by atoms with E-state index in [1.165, 1.54) is 0 Å². The van der Waals surface area contributed by atoms with Gasteiger partial charge in [-0.3, -0.25) is 4.79 Å². The highest BCUT2D eigenvalue weighted by molar-refractivity contribution is 9.10. The van der Waals surface area contributed by atoms with Crippen LogP contribution in [-0.4, -0.2) is 30.6 Å². The van der Waals surface area contributed by atoms with Gasteiger partial charge in [-0.1, -0.05) is 36.7 Å². The average molecular weight is 400 g/mol. The molecule has 24 heavy (non-hydrogen) atoms. The summed E-state index contributed by atoms with van der Waals surface area (Å²) >= 11 is 3.32. The Morgan fingerprint density at radius 3 is 2.17 bits per heavy atom. The highest BCUT2D eigenvalue weighted by Gasteiger charge is 2.27. The molecule has 1 rings (SSSR count). The van der Waals surface area contributed by atoms with Gasteiger partial charge in [0.05, 0.1) is 0 Å². The van der Waals surface area contributed by atoms with E-state index in [2.05, 4.69) is 42.0 Å². The molecule has 0 atom stereocenters. The fourth-order valence-corrected chi connectivity index (χ4v) is 2.91. The van der Waals surface area contributed by atoms with Crippen LogP contribution in [-0.2, 0) is 14.3 Å². The van der Waals surface area contributed by atoms with Gasteiger partial charge in [-0.05, 0) is 49.9 Å². The molecule has 1 aromatic rings. The highest BCUT2D eigenvalue weighted by Crippen LogP contribution is 2.26. The molecule has 0 bridgehead atoms. The van der Waals surface area contributed by atoms with Crippen LogP contribution in [0, 0.1) is 5.41 Å². The molecule has 0 aliphatic rings. The number of carbonyl (C=O) groups excluding carboxylic acids is 2. The van der Waals surface area contributed by atoms with Gasteiger partial charge in [-0.15, -0.1) is 0 Å². The number of rotatable bonds is 7. The molecule has 0 saturated carbocycles. The quantitative estimate of drug-likeness (QED) is 0.709. The van der Waals surface area contributed by atoms with E-state index in [0.717, 1.165) is 10.9 Å². The first-order valence-corrected chi connectivity index (χ1v) is 8.61. The second kappa shape index (κ2) is 8.51. The topological polar surface area (TPSA) is 64.6 Å². The fraction of sp³-hybridized carbons (Fsp3) is 0.556. The summed E-state index contributed by atoms with van der Waals surface area (Å²) in [5, 5.41) is 2.89. The van der Waals surface area contributed by atoms with Gasteiger partial charge in [0.25, 0.3) is 5.91 Å². The average Bonchev–Trinajstić information content (AvgIpc) is 2.41. The van der Waals surface area contributed by atoms with Gasteiger partial charge in [-0.2, -0.15) is 0 Å². The van der Waals surface area contributed by atoms with Gasteiger partial charge in [0.2, 0.25) is 0 Å². The van der Waals surface area contributed by atoms with Gasteiger partial charge < -0.3 is 14.8 Å². The van der Waals surface area contributed by atoms with E-state index in [1.54, 1.807) is 12.1 Å². The zero-order valence-electron chi connectivity index (χ0n) is 14.9. The third-order valence-electron chi connectivity index (χ3n) is 2.98. The van der Waals surface area contributed by atoms with Crippen molar-refractivity contribution in [3.8, 4) is 5.75 Å². The summed E-state index contributed by atoms with van der Waals surface area (Å²) in [7, 11) is 0. The fourth-order valence-electron chi connectivity index (χ4n) is 2.64. The summed E-state index contributed by atoms with van der Waals surface area (Å²) in [6.45, 7) is 9.70. The minimum atomic E-state index is -0.582. The number of hydrogen-bond donors (Lipinski definition) is 1. The number of carbonyl (C=O) groups is 2. The van der Waals surface area contributed by atoms with Crippen molar-refractivity contribution >= 4 is 27.8 Å². The Labute approximate surface area is 152 Å². The van der Waals surface area contributed by atoms with Crippen LogP contribution < -0.4 is 10.1 Å². The van der Waals surface area contributed by atoms with Gasteiger partial charge in [0, 0.05) is 10.0 Å². The maximum Gasteiger partial charge on any atom is 0.344 e. The van der Waals surface area contributed by atoms with Crippen LogP contribution >= 0.6 is 15.9 Å². The molecule has 0 aliphatic carbocycles. The van der Waals surface area contributed by atoms with Gasteiger partial charge in [-0.25, -0.2) is 4.79 Å². The smallest absolute Gasteiger partial charge is 0.344 e. The minimum absolute atomic E-state index is 0.0893. The lowest BCUT2D eigenvalue weighted by Crippen LogP contribution is -2.47. The van der Waals surface area contributed by atoms with Crippen LogP contribution in [0.3, 0.4) is 0 Å². The van der Waals surface area contributed by atoms with Crippen molar-refractivity contribution in [2.75, 3.05) is 13.2 Å². The number of esters is 1. The van der Waals surface area contributed by atoms with E-state index >= 15 is 0 Å². The Bertz CT molecular complexity index is 561. The summed E-state index contributed by atoms with van der Waals surface area (Å²) in [6, 6.07) is 7.09. The molecule has 5 nitrogen and oxygen atoms in total. The van der Waals surface area contributed by atoms with E-state index in [1.807, 2.05) is 26.0 Å². The summed E-state index contributed by atoms with van der Waals surface area (Å²) in [4.78, 5) is 23.6. The van der Waals surface area contributed by atoms with E-state index in [-0.39, 0.29) is 30.1 Å². The van der Waals surface area contributed by atoms with E-state index in [9.17, 15) is 9.59 Å². The van der Waals surface area contributed by atoms with Crippen molar-refractivity contribution in [2.24, 2.45) is 5.41 Å². The number of halogens is 1. The predicted molar refractivity (Wildman–Crippen MR) is 96.9 cm³/mol. The van der Waals surface area contributed by atoms with Gasteiger partial charge in [0.1, 0.15) is 5.75 Å². The number of amides is 1. The third-order valence-corrected chi connectivity index (χ3v) is 3.51. The van der Waals surface area contributed by atoms with Crippen molar-refractivity contribution < 1.29 is 19.1 Å². The van der Waals surface area contributed by atoms with Crippen LogP contribution in [0.15, 0.2) is 28.7 Å². The molecule has 1 N–H and O–H groups in total. The first kappa shape index (κ1) is 20.5. The van der Waals surface area contributed by atoms with Gasteiger partial charge in [0.15, 0.2) is 13.2 Å². The summed E-state index contributed by atoms with van der Waals surface area (Å²) in [5.74, 6) is -0.339. The molecule has 1 aromatic carbocycles. The number of benzene rings is 1. The normalized spacial score (nSPS) is 11.8. The van der Waals surface area contributed by atoms with Gasteiger partial charge >= 0.3 is 5.97 Å². The standard InChI is InChI=1S/C18H26BrNO4/c1-17(2,3)12-18(4,5)20-15(21)10-24-16(22)11-23-14-8-6-13(19)7-9-14/h6-9H,10-12H2,1-5H3,(H,20,21). The zero-order valence-corrected chi connectivity index (χ0v) is 16.5. The van der Waals surface area contributed by atoms with Crippen LogP contribution in [0.4, 0.5) is 0 Å². The zero-order chi connectivity index (χ0) is 18.4. The van der Waals surface area contributed by atoms with Crippen molar-refractivity contribution in [1.29, 1.82) is 0 Å². The van der Waals surface area contributed by atoms with Crippen LogP contribution in [0.5, 0.6) is 5.75 Å². The number of ether oxygens (including phenoxy) is 2. The molecular formula is C18H26BrNO4. The molecule has 134 valence electrons. The SMILES string of the molecule is CC(C)(C)CC(C)(C)NC(=O)COC(=O)COc1ccc(Br)cc1. The van der Waals surface area contributed by atoms with Crippen LogP contribution in [0.1, 0.15) is 41.0 Å². The summed E-state index contributed by atoms with van der Waals surface area (Å²) in [6.07, 6.45) is 0.812. The van der Waals surface area contributed by atoms with E-state index in [0.29, 0.717) is 5.75 Å². The Kier molecular flexibility index (Phi) is 7.27. The summed E-state index contributed by atoms with van der Waals surface area (Å²) < 4.78 is 11.2. The lowest BCUT2D eigenvalue weighted by Gasteiger charge is -2.33. The Morgan fingerprint density at radius 1 is 1.04 bits per heavy atom. The van der Waals surface area contributed by atoms with E-state index in [4.69, 9.17) is 9.47 Å². The first-order chi connectivity index (χ1) is 11.0. The van der Waals surface area contributed by atoms with Crippen LogP contribution in [0.25, 0.3) is 0 Å². The molecular weight excluding hydrogens is 374 g/mol. The maximum atomic E-state index is 11.9. The molecule has 0 saturated heterocycles. The second-order valence-electron chi connectivity index (χ2n) is 7.57. The molecule has 0 aliphatic heterocycles. The Morgan fingerprint density at radius 2 is 1.62 bits per heavy atom. The third kappa shape index (κ3) is 8.91. The minimum Gasteiger partial charge on any atom is -0.482 e. The second-order valence-corrected chi connectivity index (χ2v) is 8.49. The van der Waals surface area contributed by atoms with Crippen molar-refractivity contribution in [3.05, 3.63) is 28.7 Å². The van der Waals surface area contributed by atoms with E-state index < -0.39 is 5.97 Å². The first-order valence-electron chi connectivity index (χ1n) is 7.82. The van der Waals surface area contributed by atoms with Crippen molar-refractivity contribution in [3.63, 3.8) is 0 Å². The molecule has 0 radical (unpaired) electrons. The maximum absolute atomic E-state index is 11.9. The lowest BCUT2D eigenvalue weighted by molar-refractivity contribution is -0.151. The Hall–Kier alpha value is -1.56. The molecule has 1 amide bonds. The summed E-state index contributed by atoms with van der Waals surface area (Å²) in [5.41, 5.74) is -0.276. The number of hydrogen-bond acceptors (Lipinski definition) is 4. The lowest BCUT2D eigenvalue weighted by atomic mass is 9.82. The Balaban J connectivity index is 2.33. The number of nitrogens with one attached hydrogen (secondary N) is 1. The van der Waals surface area contributed by atoms with Crippen LogP contribution in [0.2, 0.25) is 0 Å². The highest BCUT2D eigenvalue weighted by atomic mass is 79.9. The molecule has 0 unspecified atom stereocenters. The predicted octanol–water partition coefficient (Wildman–Crippen LogP) is 3.70. The molecule has 0 aromatic heterocycles. The molecule has 0 heterocycles. The molecule has 0 fully saturated rings. The van der Waals surface area contributed by atoms with Crippen molar-refractivity contribution in [1.82, 2.24) is 5.32 Å².